The Balaban J connectivity index is 2.39. The van der Waals surface area contributed by atoms with Crippen molar-refractivity contribution in [3.05, 3.63) is 59.3 Å². The van der Waals surface area contributed by atoms with E-state index in [9.17, 15) is 15.3 Å². The van der Waals surface area contributed by atoms with E-state index in [1.54, 1.807) is 30.5 Å². The van der Waals surface area contributed by atoms with Crippen molar-refractivity contribution in [2.24, 2.45) is 4.99 Å². The summed E-state index contributed by atoms with van der Waals surface area (Å²) < 4.78 is 10.1. The number of hydrogen-bond acceptors (Lipinski definition) is 7. The maximum Gasteiger partial charge on any atom is 0.308 e. The summed E-state index contributed by atoms with van der Waals surface area (Å²) in [6, 6.07) is 13.3. The molecule has 1 unspecified atom stereocenters. The molecule has 2 aromatic rings. The van der Waals surface area contributed by atoms with Gasteiger partial charge < -0.3 is 9.47 Å². The third kappa shape index (κ3) is 3.10. The van der Waals surface area contributed by atoms with Gasteiger partial charge in [-0.15, -0.1) is 0 Å². The molecule has 28 heavy (non-hydrogen) atoms. The Labute approximate surface area is 162 Å². The van der Waals surface area contributed by atoms with E-state index in [-0.39, 0.29) is 29.1 Å². The maximum absolute atomic E-state index is 12.1. The van der Waals surface area contributed by atoms with Gasteiger partial charge in [0, 0.05) is 11.8 Å². The highest BCUT2D eigenvalue weighted by molar-refractivity contribution is 5.83. The average molecular weight is 372 g/mol. The van der Waals surface area contributed by atoms with Crippen LogP contribution < -0.4 is 4.74 Å². The molecule has 7 heteroatoms. The topological polar surface area (TPSA) is 108 Å². The van der Waals surface area contributed by atoms with Crippen molar-refractivity contribution in [3.8, 4) is 29.1 Å². The number of allylic oxidation sites excluding steroid dienone is 1. The van der Waals surface area contributed by atoms with Crippen LogP contribution in [-0.4, -0.2) is 31.4 Å². The number of nitrogens with zero attached hydrogens (tertiary/aromatic N) is 4. The molecule has 0 aliphatic carbocycles. The van der Waals surface area contributed by atoms with Crippen molar-refractivity contribution in [1.82, 2.24) is 4.98 Å². The predicted molar refractivity (Wildman–Crippen MR) is 102 cm³/mol. The van der Waals surface area contributed by atoms with Crippen LogP contribution in [-0.2, 0) is 15.1 Å². The number of benzene rings is 1. The van der Waals surface area contributed by atoms with E-state index in [1.165, 1.54) is 14.2 Å². The third-order valence-electron chi connectivity index (χ3n) is 4.46. The molecule has 1 aromatic carbocycles. The van der Waals surface area contributed by atoms with E-state index < -0.39 is 11.5 Å². The van der Waals surface area contributed by atoms with Gasteiger partial charge in [-0.1, -0.05) is 30.3 Å². The highest BCUT2D eigenvalue weighted by Crippen LogP contribution is 2.42. The Hall–Kier alpha value is -3.97. The number of aromatic nitrogens is 1. The molecule has 138 valence electrons. The minimum absolute atomic E-state index is 0.0649. The number of aliphatic imine (C=N–C) groups is 1. The molecular weight excluding hydrogens is 356 g/mol. The number of carbonyl (C=O) groups excluding carboxylic acids is 1. The number of carbonyl (C=O) groups is 1. The summed E-state index contributed by atoms with van der Waals surface area (Å²) in [6.45, 7) is 0. The van der Waals surface area contributed by atoms with Crippen molar-refractivity contribution >= 4 is 12.2 Å². The van der Waals surface area contributed by atoms with Gasteiger partial charge in [-0.2, -0.15) is 10.5 Å². The Bertz CT molecular complexity index is 1050. The third-order valence-corrected chi connectivity index (χ3v) is 4.46. The standard InChI is InChI=1S/C21H16N4O3/c1-27-17(26)11-21(9-6-10-24-21)19-15(12-22)18(14-7-4-3-5-8-14)16(13-23)20(25-19)28-2/h3-10H,11H2,1-2H3. The van der Waals surface area contributed by atoms with Crippen LogP contribution in [0.15, 0.2) is 47.5 Å². The van der Waals surface area contributed by atoms with Gasteiger partial charge in [0.2, 0.25) is 5.88 Å². The van der Waals surface area contributed by atoms with Crippen molar-refractivity contribution < 1.29 is 14.3 Å². The fourth-order valence-electron chi connectivity index (χ4n) is 3.17. The smallest absolute Gasteiger partial charge is 0.308 e. The zero-order chi connectivity index (χ0) is 20.1. The molecule has 0 N–H and O–H groups in total. The minimum Gasteiger partial charge on any atom is -0.480 e. The normalized spacial score (nSPS) is 17.0. The zero-order valence-corrected chi connectivity index (χ0v) is 15.3. The Morgan fingerprint density at radius 2 is 1.86 bits per heavy atom. The molecule has 0 radical (unpaired) electrons. The van der Waals surface area contributed by atoms with Gasteiger partial charge in [0.15, 0.2) is 0 Å². The van der Waals surface area contributed by atoms with E-state index in [0.29, 0.717) is 11.1 Å². The highest BCUT2D eigenvalue weighted by Gasteiger charge is 2.40. The van der Waals surface area contributed by atoms with Gasteiger partial charge >= 0.3 is 5.97 Å². The average Bonchev–Trinajstić information content (AvgIpc) is 3.21. The number of methoxy groups -OCH3 is 2. The summed E-state index contributed by atoms with van der Waals surface area (Å²) >= 11 is 0. The summed E-state index contributed by atoms with van der Waals surface area (Å²) in [5, 5.41) is 19.7. The van der Waals surface area contributed by atoms with Crippen LogP contribution in [0.5, 0.6) is 5.88 Å². The first-order valence-corrected chi connectivity index (χ1v) is 8.38. The second-order valence-corrected chi connectivity index (χ2v) is 6.00. The van der Waals surface area contributed by atoms with Gasteiger partial charge in [-0.3, -0.25) is 9.79 Å². The lowest BCUT2D eigenvalue weighted by atomic mass is 9.85. The Kier molecular flexibility index (Phi) is 5.19. The molecule has 0 fully saturated rings. The number of pyridine rings is 1. The van der Waals surface area contributed by atoms with Gasteiger partial charge in [-0.05, 0) is 17.7 Å². The van der Waals surface area contributed by atoms with E-state index in [1.807, 2.05) is 18.2 Å². The zero-order valence-electron chi connectivity index (χ0n) is 15.3. The first-order valence-electron chi connectivity index (χ1n) is 8.38. The quantitative estimate of drug-likeness (QED) is 0.747. The summed E-state index contributed by atoms with van der Waals surface area (Å²) in [7, 11) is 2.68. The van der Waals surface area contributed by atoms with Crippen molar-refractivity contribution in [2.75, 3.05) is 14.2 Å². The van der Waals surface area contributed by atoms with Crippen LogP contribution in [0.2, 0.25) is 0 Å². The van der Waals surface area contributed by atoms with Gasteiger partial charge in [0.1, 0.15) is 23.2 Å². The largest absolute Gasteiger partial charge is 0.480 e. The van der Waals surface area contributed by atoms with Gasteiger partial charge in [-0.25, -0.2) is 4.98 Å². The van der Waals surface area contributed by atoms with E-state index >= 15 is 0 Å². The lowest BCUT2D eigenvalue weighted by molar-refractivity contribution is -0.141. The second-order valence-electron chi connectivity index (χ2n) is 6.00. The molecule has 1 aliphatic rings. The first kappa shape index (κ1) is 18.8. The molecule has 0 amide bonds. The van der Waals surface area contributed by atoms with Crippen LogP contribution in [0, 0.1) is 22.7 Å². The van der Waals surface area contributed by atoms with Crippen LogP contribution in [0.1, 0.15) is 23.2 Å². The van der Waals surface area contributed by atoms with Crippen LogP contribution in [0.25, 0.3) is 11.1 Å². The van der Waals surface area contributed by atoms with Crippen molar-refractivity contribution in [1.29, 1.82) is 10.5 Å². The fraction of sp³-hybridized carbons (Fsp3) is 0.190. The molecule has 0 saturated carbocycles. The monoisotopic (exact) mass is 372 g/mol. The van der Waals surface area contributed by atoms with Crippen molar-refractivity contribution in [2.45, 2.75) is 12.0 Å². The van der Waals surface area contributed by atoms with Gasteiger partial charge in [0.25, 0.3) is 0 Å². The fourth-order valence-corrected chi connectivity index (χ4v) is 3.17. The van der Waals surface area contributed by atoms with Gasteiger partial charge in [0.05, 0.1) is 31.9 Å². The lowest BCUT2D eigenvalue weighted by Crippen LogP contribution is -2.27. The highest BCUT2D eigenvalue weighted by atomic mass is 16.5. The summed E-state index contributed by atoms with van der Waals surface area (Å²) in [5.74, 6) is -0.436. The molecule has 1 aromatic heterocycles. The molecule has 7 nitrogen and oxygen atoms in total. The molecule has 1 atom stereocenters. The molecule has 0 spiro atoms. The summed E-state index contributed by atoms with van der Waals surface area (Å²) in [5.41, 5.74) is 0.400. The van der Waals surface area contributed by atoms with E-state index in [4.69, 9.17) is 9.47 Å². The van der Waals surface area contributed by atoms with E-state index in [0.717, 1.165) is 0 Å². The maximum atomic E-state index is 12.1. The van der Waals surface area contributed by atoms with Crippen molar-refractivity contribution in [3.63, 3.8) is 0 Å². The summed E-state index contributed by atoms with van der Waals surface area (Å²) in [6.07, 6.45) is 4.77. The molecule has 0 bridgehead atoms. The molecule has 1 aliphatic heterocycles. The van der Waals surface area contributed by atoms with E-state index in [2.05, 4.69) is 22.1 Å². The summed E-state index contributed by atoms with van der Waals surface area (Å²) in [4.78, 5) is 20.9. The van der Waals surface area contributed by atoms with Crippen LogP contribution in [0.4, 0.5) is 0 Å². The first-order chi connectivity index (χ1) is 13.6. The number of esters is 1. The van der Waals surface area contributed by atoms with Crippen LogP contribution in [0.3, 0.4) is 0 Å². The SMILES string of the molecule is COC(=O)CC1(c2nc(OC)c(C#N)c(-c3ccccc3)c2C#N)C=CC=N1. The molecule has 0 saturated heterocycles. The minimum atomic E-state index is -1.21. The number of ether oxygens (including phenoxy) is 2. The Morgan fingerprint density at radius 1 is 1.14 bits per heavy atom. The lowest BCUT2D eigenvalue weighted by Gasteiger charge is -2.25. The molecule has 2 heterocycles. The predicted octanol–water partition coefficient (Wildman–Crippen LogP) is 2.90. The molecular formula is C21H16N4O3. The number of nitriles is 2. The second kappa shape index (κ2) is 7.73. The van der Waals surface area contributed by atoms with Crippen LogP contribution >= 0.6 is 0 Å². The molecule has 3 rings (SSSR count). The Morgan fingerprint density at radius 3 is 2.39 bits per heavy atom. The number of hydrogen-bond donors (Lipinski definition) is 0. The number of rotatable bonds is 5.